The molecule has 0 heterocycles. The molecule has 0 spiro atoms. The molecule has 0 aliphatic rings. The lowest BCUT2D eigenvalue weighted by atomic mass is 10.2. The number of benzene rings is 2. The molecule has 3 nitrogen and oxygen atoms in total. The van der Waals surface area contributed by atoms with Crippen LogP contribution in [-0.4, -0.2) is 6.29 Å². The Hall–Kier alpha value is -2.29. The molecule has 0 radical (unpaired) electrons. The van der Waals surface area contributed by atoms with Crippen LogP contribution in [0.2, 0.25) is 0 Å². The van der Waals surface area contributed by atoms with Crippen molar-refractivity contribution >= 4 is 12.0 Å². The number of carbonyl (C=O) groups is 1. The van der Waals surface area contributed by atoms with Crippen LogP contribution in [0.25, 0.3) is 0 Å². The highest BCUT2D eigenvalue weighted by Crippen LogP contribution is 2.22. The van der Waals surface area contributed by atoms with Gasteiger partial charge in [-0.05, 0) is 48.5 Å². The fraction of sp³-hybridized carbons (Fsp3) is 0.235. The molecule has 20 heavy (non-hydrogen) atoms. The fourth-order valence-electron chi connectivity index (χ4n) is 1.29. The summed E-state index contributed by atoms with van der Waals surface area (Å²) >= 11 is 0. The molecule has 2 rings (SSSR count). The summed E-state index contributed by atoms with van der Waals surface area (Å²) in [5.74, 6) is 1.41. The molecule has 2 N–H and O–H groups in total. The maximum atomic E-state index is 10.5. The SMILES string of the molecule is CC.CC.Nc1ccc(Oc2ccc(C=O)cc2)cc1. The largest absolute Gasteiger partial charge is 0.457 e. The lowest BCUT2D eigenvalue weighted by molar-refractivity contribution is 0.112. The van der Waals surface area contributed by atoms with E-state index in [0.29, 0.717) is 22.7 Å². The quantitative estimate of drug-likeness (QED) is 0.637. The van der Waals surface area contributed by atoms with E-state index >= 15 is 0 Å². The number of aldehydes is 1. The Morgan fingerprint density at radius 1 is 0.800 bits per heavy atom. The molecule has 2 aromatic rings. The number of anilines is 1. The standard InChI is InChI=1S/C13H11NO2.2C2H6/c14-11-3-7-13(8-4-11)16-12-5-1-10(9-15)2-6-12;2*1-2/h1-9H,14H2;2*1-2H3. The summed E-state index contributed by atoms with van der Waals surface area (Å²) in [5.41, 5.74) is 6.89. The average Bonchev–Trinajstić information content (AvgIpc) is 2.54. The number of ether oxygens (including phenoxy) is 1. The third-order valence-corrected chi connectivity index (χ3v) is 2.13. The molecule has 3 heteroatoms. The van der Waals surface area contributed by atoms with Crippen LogP contribution >= 0.6 is 0 Å². The summed E-state index contributed by atoms with van der Waals surface area (Å²) in [7, 11) is 0. The molecule has 0 saturated heterocycles. The van der Waals surface area contributed by atoms with E-state index < -0.39 is 0 Å². The van der Waals surface area contributed by atoms with Crippen LogP contribution in [0.3, 0.4) is 0 Å². The van der Waals surface area contributed by atoms with Gasteiger partial charge in [0.05, 0.1) is 0 Å². The first-order chi connectivity index (χ1) is 9.78. The predicted octanol–water partition coefficient (Wildman–Crippen LogP) is 4.93. The van der Waals surface area contributed by atoms with Crippen LogP contribution in [0.1, 0.15) is 38.1 Å². The van der Waals surface area contributed by atoms with Crippen LogP contribution < -0.4 is 10.5 Å². The molecule has 0 amide bonds. The second-order valence-corrected chi connectivity index (χ2v) is 3.36. The van der Waals surface area contributed by atoms with Gasteiger partial charge < -0.3 is 10.5 Å². The molecule has 2 aromatic carbocycles. The first kappa shape index (κ1) is 17.7. The highest BCUT2D eigenvalue weighted by atomic mass is 16.5. The van der Waals surface area contributed by atoms with Crippen molar-refractivity contribution in [2.75, 3.05) is 5.73 Å². The van der Waals surface area contributed by atoms with Gasteiger partial charge in [0, 0.05) is 11.3 Å². The molecular weight excluding hydrogens is 250 g/mol. The average molecular weight is 273 g/mol. The number of nitrogen functional groups attached to an aromatic ring is 1. The molecule has 0 saturated carbocycles. The summed E-state index contributed by atoms with van der Waals surface area (Å²) in [4.78, 5) is 10.5. The summed E-state index contributed by atoms with van der Waals surface area (Å²) in [6.07, 6.45) is 0.799. The van der Waals surface area contributed by atoms with Crippen molar-refractivity contribution in [3.05, 3.63) is 54.1 Å². The minimum absolute atomic E-state index is 0.629. The van der Waals surface area contributed by atoms with Gasteiger partial charge in [0.25, 0.3) is 0 Å². The summed E-state index contributed by atoms with van der Waals surface area (Å²) < 4.78 is 5.56. The van der Waals surface area contributed by atoms with Crippen LogP contribution in [-0.2, 0) is 0 Å². The van der Waals surface area contributed by atoms with Crippen molar-refractivity contribution in [1.29, 1.82) is 0 Å². The van der Waals surface area contributed by atoms with Crippen molar-refractivity contribution < 1.29 is 9.53 Å². The first-order valence-corrected chi connectivity index (χ1v) is 6.86. The Balaban J connectivity index is 0.000000829. The molecular formula is C17H23NO2. The van der Waals surface area contributed by atoms with Crippen LogP contribution in [0.15, 0.2) is 48.5 Å². The van der Waals surface area contributed by atoms with Crippen molar-refractivity contribution in [1.82, 2.24) is 0 Å². The minimum atomic E-state index is 0.629. The second-order valence-electron chi connectivity index (χ2n) is 3.36. The number of carbonyl (C=O) groups excluding carboxylic acids is 1. The van der Waals surface area contributed by atoms with E-state index in [1.807, 2.05) is 27.7 Å². The lowest BCUT2D eigenvalue weighted by Crippen LogP contribution is -1.87. The Labute approximate surface area is 121 Å². The maximum absolute atomic E-state index is 10.5. The summed E-state index contributed by atoms with van der Waals surface area (Å²) in [6, 6.07) is 14.1. The first-order valence-electron chi connectivity index (χ1n) is 6.86. The monoisotopic (exact) mass is 273 g/mol. The maximum Gasteiger partial charge on any atom is 0.150 e. The predicted molar refractivity (Wildman–Crippen MR) is 85.5 cm³/mol. The van der Waals surface area contributed by atoms with Crippen LogP contribution in [0, 0.1) is 0 Å². The number of hydrogen-bond donors (Lipinski definition) is 1. The van der Waals surface area contributed by atoms with Gasteiger partial charge in [-0.1, -0.05) is 27.7 Å². The van der Waals surface area contributed by atoms with E-state index in [1.54, 1.807) is 48.5 Å². The van der Waals surface area contributed by atoms with E-state index in [9.17, 15) is 4.79 Å². The Bertz CT molecular complexity index is 475. The van der Waals surface area contributed by atoms with Crippen LogP contribution in [0.5, 0.6) is 11.5 Å². The highest BCUT2D eigenvalue weighted by molar-refractivity contribution is 5.74. The topological polar surface area (TPSA) is 52.3 Å². The smallest absolute Gasteiger partial charge is 0.150 e. The summed E-state index contributed by atoms with van der Waals surface area (Å²) in [5, 5.41) is 0. The summed E-state index contributed by atoms with van der Waals surface area (Å²) in [6.45, 7) is 8.00. The van der Waals surface area contributed by atoms with Crippen molar-refractivity contribution in [2.24, 2.45) is 0 Å². The number of rotatable bonds is 3. The molecule has 0 aliphatic carbocycles. The second kappa shape index (κ2) is 10.6. The van der Waals surface area contributed by atoms with Gasteiger partial charge in [0.1, 0.15) is 17.8 Å². The highest BCUT2D eigenvalue weighted by Gasteiger charge is 1.97. The van der Waals surface area contributed by atoms with Crippen molar-refractivity contribution in [3.8, 4) is 11.5 Å². The molecule has 0 atom stereocenters. The van der Waals surface area contributed by atoms with Crippen LogP contribution in [0.4, 0.5) is 5.69 Å². The Morgan fingerprint density at radius 2 is 1.20 bits per heavy atom. The van der Waals surface area contributed by atoms with Gasteiger partial charge in [-0.25, -0.2) is 0 Å². The lowest BCUT2D eigenvalue weighted by Gasteiger charge is -2.05. The van der Waals surface area contributed by atoms with Gasteiger partial charge in [0.15, 0.2) is 0 Å². The minimum Gasteiger partial charge on any atom is -0.457 e. The Morgan fingerprint density at radius 3 is 1.60 bits per heavy atom. The molecule has 0 aromatic heterocycles. The molecule has 0 bridgehead atoms. The van der Waals surface area contributed by atoms with Crippen molar-refractivity contribution in [2.45, 2.75) is 27.7 Å². The Kier molecular flexibility index (Phi) is 9.40. The number of nitrogens with two attached hydrogens (primary N) is 1. The van der Waals surface area contributed by atoms with E-state index in [2.05, 4.69) is 0 Å². The molecule has 108 valence electrons. The zero-order valence-corrected chi connectivity index (χ0v) is 12.6. The van der Waals surface area contributed by atoms with E-state index in [4.69, 9.17) is 10.5 Å². The normalized spacial score (nSPS) is 8.40. The van der Waals surface area contributed by atoms with E-state index in [-0.39, 0.29) is 0 Å². The van der Waals surface area contributed by atoms with E-state index in [1.165, 1.54) is 0 Å². The molecule has 0 unspecified atom stereocenters. The third kappa shape index (κ3) is 6.05. The van der Waals surface area contributed by atoms with Gasteiger partial charge in [-0.3, -0.25) is 4.79 Å². The number of hydrogen-bond acceptors (Lipinski definition) is 3. The molecule has 0 fully saturated rings. The van der Waals surface area contributed by atoms with Gasteiger partial charge in [0.2, 0.25) is 0 Å². The molecule has 0 aliphatic heterocycles. The van der Waals surface area contributed by atoms with Crippen molar-refractivity contribution in [3.63, 3.8) is 0 Å². The van der Waals surface area contributed by atoms with Gasteiger partial charge >= 0.3 is 0 Å². The third-order valence-electron chi connectivity index (χ3n) is 2.13. The van der Waals surface area contributed by atoms with Gasteiger partial charge in [-0.15, -0.1) is 0 Å². The van der Waals surface area contributed by atoms with E-state index in [0.717, 1.165) is 6.29 Å². The van der Waals surface area contributed by atoms with Gasteiger partial charge in [-0.2, -0.15) is 0 Å². The zero-order chi connectivity index (χ0) is 15.4. The zero-order valence-electron chi connectivity index (χ0n) is 12.6. The fourth-order valence-corrected chi connectivity index (χ4v) is 1.29.